The molecule has 0 amide bonds. The second-order valence-corrected chi connectivity index (χ2v) is 5.51. The van der Waals surface area contributed by atoms with E-state index in [0.717, 1.165) is 12.3 Å². The Bertz CT molecular complexity index is 956. The molecule has 0 radical (unpaired) electrons. The number of rotatable bonds is 5. The molecule has 1 aromatic carbocycles. The summed E-state index contributed by atoms with van der Waals surface area (Å²) in [5, 5.41) is 12.2. The van der Waals surface area contributed by atoms with Gasteiger partial charge in [0.2, 0.25) is 5.78 Å². The summed E-state index contributed by atoms with van der Waals surface area (Å²) in [5.74, 6) is 1.83. The van der Waals surface area contributed by atoms with Crippen LogP contribution in [0.2, 0.25) is 0 Å². The number of furan rings is 1. The normalized spacial score (nSPS) is 13.3. The van der Waals surface area contributed by atoms with Crippen LogP contribution in [-0.4, -0.2) is 24.1 Å². The molecule has 10 heteroatoms. The van der Waals surface area contributed by atoms with Gasteiger partial charge in [-0.1, -0.05) is 30.0 Å². The van der Waals surface area contributed by atoms with Gasteiger partial charge in [0.15, 0.2) is 11.5 Å². The minimum atomic E-state index is -0.968. The molecule has 0 saturated carbocycles. The van der Waals surface area contributed by atoms with Crippen molar-refractivity contribution < 1.29 is 58.2 Å². The zero-order valence-corrected chi connectivity index (χ0v) is 16.9. The Hall–Kier alpha value is -2.85. The summed E-state index contributed by atoms with van der Waals surface area (Å²) in [7, 11) is 0. The van der Waals surface area contributed by atoms with Crippen molar-refractivity contribution in [3.05, 3.63) is 76.5 Å². The minimum absolute atomic E-state index is 0. The van der Waals surface area contributed by atoms with Crippen molar-refractivity contribution in [3.63, 3.8) is 0 Å². The molecule has 0 unspecified atom stereocenters. The maximum absolute atomic E-state index is 12.5. The minimum Gasteiger partial charge on any atom is -0.870 e. The molecule has 0 bridgehead atoms. The fourth-order valence-electron chi connectivity index (χ4n) is 2.50. The van der Waals surface area contributed by atoms with E-state index in [1.807, 2.05) is 0 Å². The van der Waals surface area contributed by atoms with E-state index in [-0.39, 0.29) is 70.1 Å². The molecule has 5 N–H and O–H groups in total. The molecule has 138 valence electrons. The largest absolute Gasteiger partial charge is 1.00 e. The van der Waals surface area contributed by atoms with Gasteiger partial charge in [0.05, 0.1) is 11.3 Å². The Labute approximate surface area is 181 Å². The Balaban J connectivity index is 0.00000280. The third-order valence-electron chi connectivity index (χ3n) is 3.85. The molecular formula is C18H14N3NaO6. The average molecular weight is 391 g/mol. The fraction of sp³-hybridized carbons (Fsp3) is 0.0556. The number of nitrogens with two attached hydrogens (primary N) is 2. The fourth-order valence-corrected chi connectivity index (χ4v) is 2.50. The molecule has 1 aromatic heterocycles. The summed E-state index contributed by atoms with van der Waals surface area (Å²) in [6, 6.07) is 7.41. The second kappa shape index (κ2) is 8.89. The van der Waals surface area contributed by atoms with E-state index in [2.05, 4.69) is 5.43 Å². The van der Waals surface area contributed by atoms with E-state index in [0.29, 0.717) is 6.08 Å². The Kier molecular flexibility index (Phi) is 6.81. The van der Waals surface area contributed by atoms with E-state index in [4.69, 9.17) is 20.7 Å². The van der Waals surface area contributed by atoms with Crippen LogP contribution in [0.5, 0.6) is 0 Å². The maximum Gasteiger partial charge on any atom is 1.00 e. The molecule has 1 aliphatic rings. The first kappa shape index (κ1) is 21.5. The van der Waals surface area contributed by atoms with Gasteiger partial charge >= 0.3 is 35.5 Å². The van der Waals surface area contributed by atoms with Crippen molar-refractivity contribution in [1.29, 1.82) is 0 Å². The van der Waals surface area contributed by atoms with E-state index < -0.39 is 23.3 Å². The summed E-state index contributed by atoms with van der Waals surface area (Å²) >= 11 is 0. The van der Waals surface area contributed by atoms with Crippen LogP contribution in [0.1, 0.15) is 37.8 Å². The molecule has 1 aliphatic carbocycles. The second-order valence-electron chi connectivity index (χ2n) is 5.51. The first-order valence-corrected chi connectivity index (χ1v) is 7.71. The van der Waals surface area contributed by atoms with E-state index in [9.17, 15) is 19.5 Å². The van der Waals surface area contributed by atoms with Gasteiger partial charge < -0.3 is 25.4 Å². The summed E-state index contributed by atoms with van der Waals surface area (Å²) < 4.78 is 10.0. The van der Waals surface area contributed by atoms with E-state index in [1.54, 1.807) is 12.1 Å². The maximum atomic E-state index is 12.5. The molecule has 0 fully saturated rings. The Morgan fingerprint density at radius 1 is 1.18 bits per heavy atom. The van der Waals surface area contributed by atoms with Crippen LogP contribution in [0.4, 0.5) is 0 Å². The molecular weight excluding hydrogens is 377 g/mol. The van der Waals surface area contributed by atoms with Gasteiger partial charge in [-0.25, -0.2) is 4.79 Å². The molecule has 0 saturated heterocycles. The Morgan fingerprint density at radius 2 is 1.82 bits per heavy atom. The first-order valence-electron chi connectivity index (χ1n) is 7.71. The van der Waals surface area contributed by atoms with Gasteiger partial charge in [-0.3, -0.25) is 15.4 Å². The number of hydrazine groups is 1. The number of hydrogen-bond donors (Lipinski definition) is 3. The number of carbonyl (C=O) groups is 3. The smallest absolute Gasteiger partial charge is 0.870 e. The first-order chi connectivity index (χ1) is 13.0. The predicted molar refractivity (Wildman–Crippen MR) is 90.5 cm³/mol. The van der Waals surface area contributed by atoms with Crippen LogP contribution in [-0.2, 0) is 9.53 Å². The van der Waals surface area contributed by atoms with Gasteiger partial charge in [0.1, 0.15) is 12.4 Å². The average Bonchev–Trinajstić information content (AvgIpc) is 3.13. The molecule has 2 aromatic rings. The van der Waals surface area contributed by atoms with Gasteiger partial charge in [0.25, 0.3) is 0 Å². The molecule has 3 rings (SSSR count). The van der Waals surface area contributed by atoms with Gasteiger partial charge in [-0.2, -0.15) is 0 Å². The number of ketones is 2. The monoisotopic (exact) mass is 391 g/mol. The summed E-state index contributed by atoms with van der Waals surface area (Å²) in [4.78, 5) is 36.7. The Morgan fingerprint density at radius 3 is 2.43 bits per heavy atom. The summed E-state index contributed by atoms with van der Waals surface area (Å²) in [5.41, 5.74) is 8.07. The molecule has 28 heavy (non-hydrogen) atoms. The standard InChI is InChI=1S/C18H15N3O6.Na/c19-7-9(21-20)8-26-15(23)6-13(22)14-5-12-16(24)10-3-1-2-4-11(10)17(25)18(12)27-14;/h1-7,21-22H,8,19-20H2;/q;+1/p-1/b9-7-,13-6-;. The van der Waals surface area contributed by atoms with E-state index >= 15 is 0 Å². The third kappa shape index (κ3) is 4.02. The molecule has 9 nitrogen and oxygen atoms in total. The summed E-state index contributed by atoms with van der Waals surface area (Å²) in [6.07, 6.45) is 1.74. The molecule has 0 aliphatic heterocycles. The number of ether oxygens (including phenoxy) is 1. The van der Waals surface area contributed by atoms with Gasteiger partial charge in [-0.05, 0) is 6.07 Å². The molecule has 0 spiro atoms. The zero-order valence-electron chi connectivity index (χ0n) is 14.9. The van der Waals surface area contributed by atoms with Crippen LogP contribution < -0.4 is 51.7 Å². The zero-order chi connectivity index (χ0) is 19.6. The molecule has 1 heterocycles. The van der Waals surface area contributed by atoms with Crippen LogP contribution >= 0.6 is 0 Å². The van der Waals surface area contributed by atoms with Crippen molar-refractivity contribution in [2.75, 3.05) is 6.61 Å². The van der Waals surface area contributed by atoms with Crippen molar-refractivity contribution in [1.82, 2.24) is 5.43 Å². The van der Waals surface area contributed by atoms with Crippen LogP contribution in [0, 0.1) is 0 Å². The number of esters is 1. The number of benzene rings is 1. The number of nitrogens with one attached hydrogen (secondary N) is 1. The van der Waals surface area contributed by atoms with Gasteiger partial charge in [0, 0.05) is 23.4 Å². The van der Waals surface area contributed by atoms with Crippen LogP contribution in [0.25, 0.3) is 5.76 Å². The van der Waals surface area contributed by atoms with Crippen molar-refractivity contribution >= 4 is 23.3 Å². The van der Waals surface area contributed by atoms with Crippen LogP contribution in [0.15, 0.2) is 52.7 Å². The van der Waals surface area contributed by atoms with Crippen LogP contribution in [0.3, 0.4) is 0 Å². The molecule has 0 atom stereocenters. The number of fused-ring (bicyclic) bond motifs is 2. The van der Waals surface area contributed by atoms with Crippen molar-refractivity contribution in [2.24, 2.45) is 11.6 Å². The van der Waals surface area contributed by atoms with Crippen molar-refractivity contribution in [2.45, 2.75) is 0 Å². The number of carbonyl (C=O) groups excluding carboxylic acids is 3. The SMILES string of the molecule is N/C=C(/COC(=O)/C=C(\[O-])c1cc2c(o1)C(=O)c1ccccc1C2=O)NN.[Na+]. The summed E-state index contributed by atoms with van der Waals surface area (Å²) in [6.45, 7) is -0.267. The topological polar surface area (TPSA) is 161 Å². The third-order valence-corrected chi connectivity index (χ3v) is 3.85. The number of hydrogen-bond acceptors (Lipinski definition) is 9. The van der Waals surface area contributed by atoms with Crippen molar-refractivity contribution in [3.8, 4) is 0 Å². The van der Waals surface area contributed by atoms with Gasteiger partial charge in [-0.15, -0.1) is 0 Å². The van der Waals surface area contributed by atoms with E-state index in [1.165, 1.54) is 12.1 Å². The predicted octanol–water partition coefficient (Wildman–Crippen LogP) is -3.43. The quantitative estimate of drug-likeness (QED) is 0.100.